The van der Waals surface area contributed by atoms with Crippen molar-refractivity contribution in [3.63, 3.8) is 0 Å². The van der Waals surface area contributed by atoms with E-state index in [2.05, 4.69) is 36.4 Å². The van der Waals surface area contributed by atoms with Crippen LogP contribution in [0.25, 0.3) is 5.65 Å². The molecule has 3 heterocycles. The van der Waals surface area contributed by atoms with Gasteiger partial charge < -0.3 is 15.5 Å². The van der Waals surface area contributed by atoms with Gasteiger partial charge in [0, 0.05) is 38.4 Å². The Bertz CT molecular complexity index is 1010. The summed E-state index contributed by atoms with van der Waals surface area (Å²) in [5.74, 6) is 1.95. The van der Waals surface area contributed by atoms with Gasteiger partial charge in [-0.05, 0) is 61.5 Å². The maximum Gasteiger partial charge on any atom is 0.274 e. The standard InChI is InChI=1S/C24H33N5O2/c1-15-13-28(10-9-25-15)23(31)19-14-29-20(5-4-6-21(29)27-19)22(30)26-12-16-7-8-17-11-18(16)24(17,2)3/h4-6,14-18,25H,7-13H2,1-3H3,(H,26,30)/t15-,16+,17+,18-/m1/s1. The smallest absolute Gasteiger partial charge is 0.274 e. The number of amides is 2. The molecular formula is C24H33N5O2. The Balaban J connectivity index is 1.30. The van der Waals surface area contributed by atoms with Crippen LogP contribution in [0.3, 0.4) is 0 Å². The summed E-state index contributed by atoms with van der Waals surface area (Å²) in [6.45, 7) is 9.67. The zero-order valence-electron chi connectivity index (χ0n) is 18.7. The van der Waals surface area contributed by atoms with Crippen molar-refractivity contribution >= 4 is 17.5 Å². The monoisotopic (exact) mass is 423 g/mol. The van der Waals surface area contributed by atoms with Crippen molar-refractivity contribution in [1.29, 1.82) is 0 Å². The Morgan fingerprint density at radius 3 is 2.87 bits per heavy atom. The third-order valence-corrected chi connectivity index (χ3v) is 8.13. The van der Waals surface area contributed by atoms with Crippen molar-refractivity contribution in [3.05, 3.63) is 35.8 Å². The molecule has 2 bridgehead atoms. The van der Waals surface area contributed by atoms with Crippen molar-refractivity contribution < 1.29 is 9.59 Å². The van der Waals surface area contributed by atoms with Gasteiger partial charge in [0.2, 0.25) is 0 Å². The Morgan fingerprint density at radius 1 is 1.29 bits per heavy atom. The first-order valence-corrected chi connectivity index (χ1v) is 11.6. The predicted molar refractivity (Wildman–Crippen MR) is 119 cm³/mol. The number of pyridine rings is 1. The summed E-state index contributed by atoms with van der Waals surface area (Å²) in [4.78, 5) is 32.3. The first kappa shape index (κ1) is 20.5. The first-order chi connectivity index (χ1) is 14.8. The molecule has 7 nitrogen and oxygen atoms in total. The highest BCUT2D eigenvalue weighted by atomic mass is 16.2. The highest BCUT2D eigenvalue weighted by Gasteiger charge is 2.53. The number of piperazine rings is 1. The summed E-state index contributed by atoms with van der Waals surface area (Å²) in [7, 11) is 0. The normalized spacial score (nSPS) is 29.5. The largest absolute Gasteiger partial charge is 0.350 e. The number of rotatable bonds is 4. The SMILES string of the molecule is C[C@@H]1CN(C(=O)c2cn3c(C(=O)NC[C@@H]4CC[C@H]5C[C@H]4C5(C)C)cccc3n2)CCN1. The second kappa shape index (κ2) is 7.62. The number of carbonyl (C=O) groups excluding carboxylic acids is 2. The molecule has 6 rings (SSSR count). The van der Waals surface area contributed by atoms with E-state index in [1.54, 1.807) is 16.7 Å². The third kappa shape index (κ3) is 3.53. The molecule has 4 atom stereocenters. The maximum absolute atomic E-state index is 13.0. The second-order valence-electron chi connectivity index (χ2n) is 10.3. The average Bonchev–Trinajstić information content (AvgIpc) is 3.21. The van der Waals surface area contributed by atoms with E-state index in [1.165, 1.54) is 19.3 Å². The number of aromatic nitrogens is 2. The molecule has 0 aromatic carbocycles. The molecule has 2 aromatic heterocycles. The van der Waals surface area contributed by atoms with Crippen LogP contribution in [0.2, 0.25) is 0 Å². The quantitative estimate of drug-likeness (QED) is 0.792. The Hall–Kier alpha value is -2.41. The van der Waals surface area contributed by atoms with Crippen LogP contribution in [0.4, 0.5) is 0 Å². The Labute approximate surface area is 183 Å². The van der Waals surface area contributed by atoms with Crippen LogP contribution >= 0.6 is 0 Å². The number of fused-ring (bicyclic) bond motifs is 3. The summed E-state index contributed by atoms with van der Waals surface area (Å²) < 4.78 is 1.75. The van der Waals surface area contributed by atoms with Crippen LogP contribution in [0.15, 0.2) is 24.4 Å². The summed E-state index contributed by atoms with van der Waals surface area (Å²) in [6.07, 6.45) is 5.49. The summed E-state index contributed by atoms with van der Waals surface area (Å²) in [5.41, 5.74) is 1.96. The van der Waals surface area contributed by atoms with Crippen molar-refractivity contribution in [1.82, 2.24) is 24.9 Å². The van der Waals surface area contributed by atoms with Crippen molar-refractivity contribution in [2.45, 2.75) is 46.1 Å². The summed E-state index contributed by atoms with van der Waals surface area (Å²) in [5, 5.41) is 6.52. The van der Waals surface area contributed by atoms with Gasteiger partial charge in [-0.15, -0.1) is 0 Å². The van der Waals surface area contributed by atoms with Crippen LogP contribution < -0.4 is 10.6 Å². The van der Waals surface area contributed by atoms with E-state index in [-0.39, 0.29) is 17.9 Å². The topological polar surface area (TPSA) is 78.7 Å². The van der Waals surface area contributed by atoms with Crippen LogP contribution in [-0.2, 0) is 0 Å². The molecule has 0 spiro atoms. The zero-order valence-corrected chi connectivity index (χ0v) is 18.7. The van der Waals surface area contributed by atoms with Gasteiger partial charge in [0.05, 0.1) is 0 Å². The van der Waals surface area contributed by atoms with Gasteiger partial charge in [-0.25, -0.2) is 4.98 Å². The lowest BCUT2D eigenvalue weighted by atomic mass is 9.45. The molecule has 166 valence electrons. The number of nitrogens with zero attached hydrogens (tertiary/aromatic N) is 3. The molecular weight excluding hydrogens is 390 g/mol. The summed E-state index contributed by atoms with van der Waals surface area (Å²) in [6, 6.07) is 5.74. The molecule has 0 unspecified atom stereocenters. The Morgan fingerprint density at radius 2 is 2.13 bits per heavy atom. The van der Waals surface area contributed by atoms with E-state index in [4.69, 9.17) is 0 Å². The fourth-order valence-corrected chi connectivity index (χ4v) is 6.10. The molecule has 7 heteroatoms. The minimum atomic E-state index is -0.1000. The lowest BCUT2D eigenvalue weighted by molar-refractivity contribution is -0.103. The highest BCUT2D eigenvalue weighted by molar-refractivity contribution is 5.95. The molecule has 31 heavy (non-hydrogen) atoms. The number of hydrogen-bond acceptors (Lipinski definition) is 4. The molecule has 4 fully saturated rings. The molecule has 0 radical (unpaired) electrons. The predicted octanol–water partition coefficient (Wildman–Crippen LogP) is 2.57. The van der Waals surface area contributed by atoms with Crippen molar-refractivity contribution in [3.8, 4) is 0 Å². The van der Waals surface area contributed by atoms with Gasteiger partial charge in [0.15, 0.2) is 0 Å². The molecule has 3 saturated carbocycles. The van der Waals surface area contributed by atoms with E-state index in [1.807, 2.05) is 17.0 Å². The molecule has 4 aliphatic rings. The highest BCUT2D eigenvalue weighted by Crippen LogP contribution is 2.61. The fraction of sp³-hybridized carbons (Fsp3) is 0.625. The van der Waals surface area contributed by atoms with E-state index < -0.39 is 0 Å². The molecule has 2 amide bonds. The minimum absolute atomic E-state index is 0.0765. The van der Waals surface area contributed by atoms with E-state index in [0.29, 0.717) is 47.4 Å². The van der Waals surface area contributed by atoms with Crippen molar-refractivity contribution in [2.75, 3.05) is 26.2 Å². The van der Waals surface area contributed by atoms with Gasteiger partial charge in [-0.1, -0.05) is 19.9 Å². The number of nitrogens with one attached hydrogen (secondary N) is 2. The van der Waals surface area contributed by atoms with Crippen LogP contribution in [-0.4, -0.2) is 58.3 Å². The molecule has 1 saturated heterocycles. The number of carbonyl (C=O) groups is 2. The van der Waals surface area contributed by atoms with Gasteiger partial charge in [0.25, 0.3) is 11.8 Å². The fourth-order valence-electron chi connectivity index (χ4n) is 6.10. The third-order valence-electron chi connectivity index (χ3n) is 8.13. The van der Waals surface area contributed by atoms with Gasteiger partial charge in [-0.3, -0.25) is 14.0 Å². The van der Waals surface area contributed by atoms with E-state index in [9.17, 15) is 9.59 Å². The number of imidazole rings is 1. The van der Waals surface area contributed by atoms with Gasteiger partial charge in [0.1, 0.15) is 17.0 Å². The first-order valence-electron chi connectivity index (χ1n) is 11.6. The van der Waals surface area contributed by atoms with Crippen LogP contribution in [0.1, 0.15) is 61.0 Å². The van der Waals surface area contributed by atoms with Crippen molar-refractivity contribution in [2.24, 2.45) is 23.2 Å². The maximum atomic E-state index is 13.0. The van der Waals surface area contributed by atoms with E-state index in [0.717, 1.165) is 19.0 Å². The lowest BCUT2D eigenvalue weighted by Crippen LogP contribution is -2.54. The molecule has 2 aromatic rings. The zero-order chi connectivity index (χ0) is 21.8. The average molecular weight is 424 g/mol. The number of hydrogen-bond donors (Lipinski definition) is 2. The molecule has 2 N–H and O–H groups in total. The van der Waals surface area contributed by atoms with Gasteiger partial charge >= 0.3 is 0 Å². The Kier molecular flexibility index (Phi) is 5.04. The lowest BCUT2D eigenvalue weighted by Gasteiger charge is -2.60. The summed E-state index contributed by atoms with van der Waals surface area (Å²) >= 11 is 0. The van der Waals surface area contributed by atoms with Gasteiger partial charge in [-0.2, -0.15) is 0 Å². The molecule has 3 aliphatic carbocycles. The second-order valence-corrected chi connectivity index (χ2v) is 10.3. The van der Waals surface area contributed by atoms with Crippen LogP contribution in [0.5, 0.6) is 0 Å². The molecule has 1 aliphatic heterocycles. The minimum Gasteiger partial charge on any atom is -0.350 e. The van der Waals surface area contributed by atoms with Crippen LogP contribution in [0, 0.1) is 23.2 Å². The van der Waals surface area contributed by atoms with E-state index >= 15 is 0 Å².